The molecule has 0 aromatic heterocycles. The predicted molar refractivity (Wildman–Crippen MR) is 617 cm³/mol. The average molecular weight is 1880 g/mol. The summed E-state index contributed by atoms with van der Waals surface area (Å²) >= 11 is 0. The molecule has 0 aliphatic carbocycles. The van der Waals surface area contributed by atoms with E-state index in [-0.39, 0.29) is 25.1 Å². The Morgan fingerprint density at radius 3 is 0.870 bits per heavy atom. The molecule has 0 saturated carbocycles. The van der Waals surface area contributed by atoms with E-state index in [4.69, 9.17) is 9.47 Å². The molecule has 0 atom stereocenters. The minimum Gasteiger partial charge on any atom is -0.456 e. The van der Waals surface area contributed by atoms with E-state index in [1.165, 1.54) is 143 Å². The molecule has 4 nitrogen and oxygen atoms in total. The first-order chi connectivity index (χ1) is 71.2. The lowest BCUT2D eigenvalue weighted by atomic mass is 9.33. The lowest BCUT2D eigenvalue weighted by Gasteiger charge is -2.32. The van der Waals surface area contributed by atoms with Crippen LogP contribution in [-0.4, -0.2) is 13.4 Å². The van der Waals surface area contributed by atoms with Gasteiger partial charge in [-0.2, -0.15) is 0 Å². The highest BCUT2D eigenvalue weighted by atomic mass is 19.1. The molecule has 0 saturated heterocycles. The number of fused-ring (bicyclic) bond motifs is 12. The summed E-state index contributed by atoms with van der Waals surface area (Å²) in [6.45, 7) is 27.1. The Kier molecular flexibility index (Phi) is 23.3. The van der Waals surface area contributed by atoms with Crippen LogP contribution in [0.25, 0.3) is 143 Å². The normalized spacial score (nSPS) is 11.7. The third kappa shape index (κ3) is 16.0. The molecule has 0 radical (unpaired) electrons. The molecule has 0 amide bonds. The van der Waals surface area contributed by atoms with Gasteiger partial charge in [-0.15, -0.1) is 0 Å². The van der Waals surface area contributed by atoms with Crippen LogP contribution in [0.2, 0.25) is 0 Å². The fourth-order valence-corrected chi connectivity index (χ4v) is 24.7. The highest BCUT2D eigenvalue weighted by Gasteiger charge is 2.37. The van der Waals surface area contributed by atoms with Crippen LogP contribution in [-0.2, 0) is 0 Å². The molecule has 25 rings (SSSR count). The fraction of sp³-hybridized carbons (Fsp3) is 0.0870. The van der Waals surface area contributed by atoms with Gasteiger partial charge in [0, 0.05) is 56.4 Å². The van der Waals surface area contributed by atoms with Crippen molar-refractivity contribution in [3.63, 3.8) is 0 Å². The average Bonchev–Trinajstić information content (AvgIpc) is 0.728. The molecule has 2 aliphatic rings. The van der Waals surface area contributed by atoms with Crippen molar-refractivity contribution in [1.29, 1.82) is 0 Å². The maximum Gasteiger partial charge on any atom is 0.243 e. The van der Waals surface area contributed by atoms with Crippen LogP contribution in [0.4, 0.5) is 42.9 Å². The molecule has 0 N–H and O–H groups in total. The summed E-state index contributed by atoms with van der Waals surface area (Å²) in [7, 11) is 0. The predicted octanol–water partition coefficient (Wildman–Crippen LogP) is 34.1. The molecule has 23 aromatic rings. The van der Waals surface area contributed by atoms with Crippen LogP contribution in [0.15, 0.2) is 425 Å². The summed E-state index contributed by atoms with van der Waals surface area (Å²) in [5.41, 5.74) is 40.9. The van der Waals surface area contributed by atoms with Crippen molar-refractivity contribution in [2.75, 3.05) is 9.80 Å². The zero-order valence-electron chi connectivity index (χ0n) is 84.0. The first-order valence-corrected chi connectivity index (χ1v) is 50.7. The zero-order valence-corrected chi connectivity index (χ0v) is 84.0. The number of para-hydroxylation sites is 2. The first kappa shape index (κ1) is 91.3. The SMILES string of the molecule is Cc1cc(C)c(B(c2c(C)cc(C)cc2C)c2cc3c4cccc5c4c(cc3c3ccccc23)-c2ccc(N(c3ccccc3)c3c(F)cc(-c4ccccc4)cc3-c3ccccc3)cc2O5)c(C)c1.Cc1cc(C)c(B(c2c(C)cc(C)cc2C)c2cc3c4cccc5c4c(cc3c3ccccc23)-c2ccc(N(c3ccccc3-c3ccccc3)c3c(F)cc(-c4ccccc4)cc3-c3ccccc3)cc2O5)c(C)c1. The van der Waals surface area contributed by atoms with E-state index in [1.54, 1.807) is 12.1 Å². The monoisotopic (exact) mass is 1880 g/mol. The molecule has 8 heteroatoms. The van der Waals surface area contributed by atoms with E-state index in [1.807, 2.05) is 144 Å². The van der Waals surface area contributed by atoms with Gasteiger partial charge < -0.3 is 19.3 Å². The van der Waals surface area contributed by atoms with Crippen molar-refractivity contribution in [3.05, 3.63) is 503 Å². The van der Waals surface area contributed by atoms with Crippen LogP contribution < -0.4 is 52.1 Å². The number of halogens is 2. The van der Waals surface area contributed by atoms with Crippen LogP contribution in [0.1, 0.15) is 66.8 Å². The third-order valence-electron chi connectivity index (χ3n) is 30.4. The number of anilines is 6. The molecule has 0 unspecified atom stereocenters. The van der Waals surface area contributed by atoms with Crippen molar-refractivity contribution in [3.8, 4) is 101 Å². The molecule has 0 bridgehead atoms. The Hall–Kier alpha value is -17.2. The van der Waals surface area contributed by atoms with E-state index in [0.29, 0.717) is 17.1 Å². The van der Waals surface area contributed by atoms with Gasteiger partial charge in [0.25, 0.3) is 0 Å². The van der Waals surface area contributed by atoms with E-state index in [2.05, 4.69) is 361 Å². The molecule has 23 aromatic carbocycles. The Balaban J connectivity index is 0.000000157. The number of aryl methyl sites for hydroxylation is 12. The summed E-state index contributed by atoms with van der Waals surface area (Å²) in [6.07, 6.45) is 0. The molecular formula is C138H106B2F2N2O2. The van der Waals surface area contributed by atoms with Gasteiger partial charge in [-0.05, 0) is 278 Å². The Morgan fingerprint density at radius 2 is 0.493 bits per heavy atom. The van der Waals surface area contributed by atoms with Crippen LogP contribution in [0.5, 0.6) is 23.0 Å². The molecule has 2 aliphatic heterocycles. The van der Waals surface area contributed by atoms with Gasteiger partial charge in [-0.3, -0.25) is 0 Å². The fourth-order valence-electron chi connectivity index (χ4n) is 24.7. The molecule has 0 fully saturated rings. The second-order valence-corrected chi connectivity index (χ2v) is 40.2. The number of hydrogen-bond acceptors (Lipinski definition) is 4. The maximum atomic E-state index is 17.9. The van der Waals surface area contributed by atoms with E-state index < -0.39 is 0 Å². The van der Waals surface area contributed by atoms with E-state index in [0.717, 1.165) is 139 Å². The summed E-state index contributed by atoms with van der Waals surface area (Å²) in [5.74, 6) is 2.36. The van der Waals surface area contributed by atoms with Gasteiger partial charge in [-0.1, -0.05) is 421 Å². The number of benzene rings is 23. The zero-order chi connectivity index (χ0) is 99.6. The van der Waals surface area contributed by atoms with Gasteiger partial charge in [0.1, 0.15) is 34.6 Å². The van der Waals surface area contributed by atoms with E-state index >= 15 is 8.78 Å². The van der Waals surface area contributed by atoms with Gasteiger partial charge in [0.05, 0.1) is 28.4 Å². The smallest absolute Gasteiger partial charge is 0.243 e. The van der Waals surface area contributed by atoms with Gasteiger partial charge in [-0.25, -0.2) is 8.78 Å². The minimum atomic E-state index is -0.336. The summed E-state index contributed by atoms with van der Waals surface area (Å²) in [6, 6.07) is 149. The molecular weight excluding hydrogens is 1780 g/mol. The number of rotatable bonds is 17. The maximum absolute atomic E-state index is 17.9. The van der Waals surface area contributed by atoms with E-state index in [9.17, 15) is 0 Å². The molecule has 700 valence electrons. The lowest BCUT2D eigenvalue weighted by Crippen LogP contribution is -2.56. The van der Waals surface area contributed by atoms with Crippen molar-refractivity contribution in [2.24, 2.45) is 0 Å². The highest BCUT2D eigenvalue weighted by molar-refractivity contribution is 6.99. The Morgan fingerprint density at radius 1 is 0.192 bits per heavy atom. The quantitative estimate of drug-likeness (QED) is 0.0670. The minimum absolute atomic E-state index is 0.00561. The van der Waals surface area contributed by atoms with Gasteiger partial charge >= 0.3 is 0 Å². The lowest BCUT2D eigenvalue weighted by molar-refractivity contribution is 0.487. The van der Waals surface area contributed by atoms with Crippen molar-refractivity contribution in [2.45, 2.75) is 83.1 Å². The topological polar surface area (TPSA) is 24.9 Å². The standard InChI is InChI=1S/C72H55BFNO.C66H51BFNO/c1-44-35-46(3)70(47(4)36-44)73(71-48(5)37-45(2)38-49(71)6)64-43-62-59-30-20-32-67-69(59)63(42-61(62)56-28-16-17-29-57(56)64)58-34-33-54(41-68(58)76-67)75(66-31-19-18-27-55(66)51-23-12-8-13-24-51)72-60(52-25-14-9-15-26-52)39-53(40-65(72)74)50-21-10-7-11-22-50;1-40-31-42(3)64(43(4)32-40)67(65-44(5)33-41(2)34-45(65)6)59-39-57-54-27-18-28-61-63(54)58(38-56(57)51-25-16-17-26-52(51)59)53-30-29-50(37-62(53)70-61)69(49-23-14-9-15-24-49)66-55(47-21-12-8-13-22-47)35-48(36-60(66)68)46-19-10-7-11-20-46/h7-43H,1-6H3;7-39H,1-6H3. The van der Waals surface area contributed by atoms with Crippen molar-refractivity contribution >= 4 is 145 Å². The number of ether oxygens (including phenoxy) is 2. The second-order valence-electron chi connectivity index (χ2n) is 40.2. The Labute approximate surface area is 854 Å². The Bertz CT molecular complexity index is 9020. The molecule has 0 spiro atoms. The first-order valence-electron chi connectivity index (χ1n) is 50.7. The van der Waals surface area contributed by atoms with Crippen molar-refractivity contribution in [1.82, 2.24) is 0 Å². The van der Waals surface area contributed by atoms with Crippen molar-refractivity contribution < 1.29 is 18.3 Å². The van der Waals surface area contributed by atoms with Gasteiger partial charge in [0.15, 0.2) is 0 Å². The van der Waals surface area contributed by atoms with Crippen LogP contribution >= 0.6 is 0 Å². The summed E-state index contributed by atoms with van der Waals surface area (Å²) < 4.78 is 49.5. The number of nitrogens with zero attached hydrogens (tertiary/aromatic N) is 2. The molecule has 146 heavy (non-hydrogen) atoms. The summed E-state index contributed by atoms with van der Waals surface area (Å²) in [4.78, 5) is 4.13. The van der Waals surface area contributed by atoms with Crippen LogP contribution in [0, 0.1) is 94.7 Å². The molecule has 2 heterocycles. The highest BCUT2D eigenvalue weighted by Crippen LogP contribution is 2.57. The second kappa shape index (κ2) is 37.3. The largest absolute Gasteiger partial charge is 0.456 e. The van der Waals surface area contributed by atoms with Crippen LogP contribution in [0.3, 0.4) is 0 Å². The number of hydrogen-bond donors (Lipinski definition) is 0. The third-order valence-corrected chi connectivity index (χ3v) is 30.4. The van der Waals surface area contributed by atoms with Gasteiger partial charge in [0.2, 0.25) is 13.4 Å². The summed E-state index contributed by atoms with van der Waals surface area (Å²) in [5, 5.41) is 14.2.